The molecular weight excluding hydrogens is 428 g/mol. The fraction of sp³-hybridized carbons (Fsp3) is 0.593. The third kappa shape index (κ3) is 5.26. The van der Waals surface area contributed by atoms with Crippen LogP contribution in [0.2, 0.25) is 0 Å². The van der Waals surface area contributed by atoms with Gasteiger partial charge in [0.05, 0.1) is 6.10 Å². The van der Waals surface area contributed by atoms with Crippen LogP contribution < -0.4 is 5.32 Å². The number of hydrogen-bond donors (Lipinski definition) is 2. The molecule has 0 spiro atoms. The summed E-state index contributed by atoms with van der Waals surface area (Å²) >= 11 is 0. The summed E-state index contributed by atoms with van der Waals surface area (Å²) in [4.78, 5) is 23.7. The molecule has 7 heteroatoms. The van der Waals surface area contributed by atoms with E-state index >= 15 is 0 Å². The van der Waals surface area contributed by atoms with Gasteiger partial charge in [0.25, 0.3) is 0 Å². The van der Waals surface area contributed by atoms with Crippen molar-refractivity contribution in [3.8, 4) is 0 Å². The second kappa shape index (κ2) is 10.8. The molecule has 34 heavy (non-hydrogen) atoms. The summed E-state index contributed by atoms with van der Waals surface area (Å²) in [7, 11) is 0. The zero-order valence-corrected chi connectivity index (χ0v) is 19.9. The Hall–Kier alpha value is -2.51. The van der Waals surface area contributed by atoms with Crippen molar-refractivity contribution in [1.29, 1.82) is 0 Å². The number of aromatic nitrogens is 2. The fourth-order valence-electron chi connectivity index (χ4n) is 5.46. The SMILES string of the molecule is O=C(O)[C@H](c1cccnc1C1CCC1)N1CC[C@@H](OCCCCc2ccc3c(n2)NCCC3)C1. The molecule has 0 aromatic carbocycles. The molecule has 1 saturated carbocycles. The van der Waals surface area contributed by atoms with Gasteiger partial charge in [-0.25, -0.2) is 4.98 Å². The summed E-state index contributed by atoms with van der Waals surface area (Å²) in [6.07, 6.45) is 11.5. The number of unbranched alkanes of at least 4 members (excludes halogenated alkanes) is 1. The van der Waals surface area contributed by atoms with Crippen molar-refractivity contribution in [1.82, 2.24) is 14.9 Å². The van der Waals surface area contributed by atoms with Crippen LogP contribution in [0.15, 0.2) is 30.5 Å². The zero-order valence-electron chi connectivity index (χ0n) is 19.9. The van der Waals surface area contributed by atoms with E-state index in [2.05, 4.69) is 27.3 Å². The van der Waals surface area contributed by atoms with Gasteiger partial charge in [0, 0.05) is 55.3 Å². The average molecular weight is 465 g/mol. The molecule has 7 nitrogen and oxygen atoms in total. The molecule has 2 atom stereocenters. The third-order valence-electron chi connectivity index (χ3n) is 7.57. The molecular formula is C27H36N4O3. The molecule has 2 aromatic heterocycles. The molecule has 2 aliphatic heterocycles. The molecule has 0 bridgehead atoms. The number of carbonyl (C=O) groups is 1. The van der Waals surface area contributed by atoms with E-state index in [4.69, 9.17) is 9.72 Å². The van der Waals surface area contributed by atoms with E-state index in [9.17, 15) is 9.90 Å². The number of carboxylic acid groups (broad SMARTS) is 1. The Morgan fingerprint density at radius 3 is 2.94 bits per heavy atom. The van der Waals surface area contributed by atoms with Crippen molar-refractivity contribution in [3.05, 3.63) is 53.0 Å². The Morgan fingerprint density at radius 2 is 2.12 bits per heavy atom. The largest absolute Gasteiger partial charge is 0.480 e. The molecule has 0 unspecified atom stereocenters. The third-order valence-corrected chi connectivity index (χ3v) is 7.57. The van der Waals surface area contributed by atoms with Crippen LogP contribution in [0.1, 0.15) is 79.4 Å². The summed E-state index contributed by atoms with van der Waals surface area (Å²) in [5, 5.41) is 13.5. The number of hydrogen-bond acceptors (Lipinski definition) is 6. The minimum atomic E-state index is -0.790. The Bertz CT molecular complexity index is 994. The van der Waals surface area contributed by atoms with Crippen molar-refractivity contribution < 1.29 is 14.6 Å². The van der Waals surface area contributed by atoms with E-state index in [1.165, 1.54) is 18.4 Å². The second-order valence-corrected chi connectivity index (χ2v) is 9.92. The minimum absolute atomic E-state index is 0.0942. The number of likely N-dealkylation sites (tertiary alicyclic amines) is 1. The van der Waals surface area contributed by atoms with Crippen LogP contribution in [0.5, 0.6) is 0 Å². The lowest BCUT2D eigenvalue weighted by atomic mass is 9.80. The maximum atomic E-state index is 12.3. The molecule has 2 aromatic rings. The number of fused-ring (bicyclic) bond motifs is 1. The molecule has 1 aliphatic carbocycles. The number of aryl methyl sites for hydroxylation is 2. The highest BCUT2D eigenvalue weighted by molar-refractivity contribution is 5.76. The maximum Gasteiger partial charge on any atom is 0.325 e. The first-order chi connectivity index (χ1) is 16.7. The number of rotatable bonds is 10. The first-order valence-electron chi connectivity index (χ1n) is 12.9. The van der Waals surface area contributed by atoms with Crippen LogP contribution in [0.25, 0.3) is 0 Å². The number of nitrogens with one attached hydrogen (secondary N) is 1. The van der Waals surface area contributed by atoms with Gasteiger partial charge in [-0.3, -0.25) is 14.7 Å². The highest BCUT2D eigenvalue weighted by Crippen LogP contribution is 2.40. The van der Waals surface area contributed by atoms with Gasteiger partial charge < -0.3 is 15.2 Å². The Balaban J connectivity index is 1.09. The van der Waals surface area contributed by atoms with Gasteiger partial charge in [-0.2, -0.15) is 0 Å². The van der Waals surface area contributed by atoms with Gasteiger partial charge in [0.1, 0.15) is 11.9 Å². The lowest BCUT2D eigenvalue weighted by Crippen LogP contribution is -2.35. The van der Waals surface area contributed by atoms with Gasteiger partial charge in [0.15, 0.2) is 0 Å². The number of pyridine rings is 2. The number of aliphatic carboxylic acids is 1. The number of anilines is 1. The van der Waals surface area contributed by atoms with Crippen LogP contribution in [0.3, 0.4) is 0 Å². The molecule has 3 aliphatic rings. The quantitative estimate of drug-likeness (QED) is 0.506. The summed E-state index contributed by atoms with van der Waals surface area (Å²) < 4.78 is 6.15. The van der Waals surface area contributed by atoms with Gasteiger partial charge in [-0.1, -0.05) is 18.6 Å². The van der Waals surface area contributed by atoms with E-state index in [0.717, 1.165) is 80.8 Å². The van der Waals surface area contributed by atoms with E-state index < -0.39 is 12.0 Å². The molecule has 2 N–H and O–H groups in total. The number of carboxylic acids is 1. The van der Waals surface area contributed by atoms with Gasteiger partial charge in [-0.15, -0.1) is 0 Å². The summed E-state index contributed by atoms with van der Waals surface area (Å²) in [6.45, 7) is 3.13. The van der Waals surface area contributed by atoms with Crippen molar-refractivity contribution in [3.63, 3.8) is 0 Å². The summed E-state index contributed by atoms with van der Waals surface area (Å²) in [6, 6.07) is 7.55. The highest BCUT2D eigenvalue weighted by Gasteiger charge is 2.37. The molecule has 5 rings (SSSR count). The molecule has 1 saturated heterocycles. The topological polar surface area (TPSA) is 87.6 Å². The van der Waals surface area contributed by atoms with Crippen LogP contribution in [0, 0.1) is 0 Å². The lowest BCUT2D eigenvalue weighted by Gasteiger charge is -2.31. The first kappa shape index (κ1) is 23.2. The molecule has 0 radical (unpaired) electrons. The van der Waals surface area contributed by atoms with E-state index in [1.807, 2.05) is 12.1 Å². The van der Waals surface area contributed by atoms with Crippen molar-refractivity contribution in [2.24, 2.45) is 0 Å². The monoisotopic (exact) mass is 464 g/mol. The summed E-state index contributed by atoms with van der Waals surface area (Å²) in [5.74, 6) is 0.683. The normalized spacial score (nSPS) is 21.5. The number of ether oxygens (including phenoxy) is 1. The van der Waals surface area contributed by atoms with Crippen LogP contribution in [-0.4, -0.2) is 58.3 Å². The summed E-state index contributed by atoms with van der Waals surface area (Å²) in [5.41, 5.74) is 4.32. The lowest BCUT2D eigenvalue weighted by molar-refractivity contribution is -0.143. The fourth-order valence-corrected chi connectivity index (χ4v) is 5.46. The second-order valence-electron chi connectivity index (χ2n) is 9.92. The molecule has 0 amide bonds. The number of nitrogens with zero attached hydrogens (tertiary/aromatic N) is 3. The minimum Gasteiger partial charge on any atom is -0.480 e. The Labute approximate surface area is 201 Å². The van der Waals surface area contributed by atoms with Crippen molar-refractivity contribution >= 4 is 11.8 Å². The van der Waals surface area contributed by atoms with Crippen LogP contribution in [-0.2, 0) is 22.4 Å². The Morgan fingerprint density at radius 1 is 1.21 bits per heavy atom. The Kier molecular flexibility index (Phi) is 7.40. The van der Waals surface area contributed by atoms with Crippen LogP contribution >= 0.6 is 0 Å². The zero-order chi connectivity index (χ0) is 23.3. The van der Waals surface area contributed by atoms with E-state index in [0.29, 0.717) is 19.1 Å². The van der Waals surface area contributed by atoms with Crippen molar-refractivity contribution in [2.75, 3.05) is 31.6 Å². The predicted octanol–water partition coefficient (Wildman–Crippen LogP) is 4.34. The van der Waals surface area contributed by atoms with Gasteiger partial charge in [0.2, 0.25) is 0 Å². The smallest absolute Gasteiger partial charge is 0.325 e. The van der Waals surface area contributed by atoms with E-state index in [-0.39, 0.29) is 6.10 Å². The average Bonchev–Trinajstić information content (AvgIpc) is 3.27. The van der Waals surface area contributed by atoms with Crippen LogP contribution in [0.4, 0.5) is 5.82 Å². The van der Waals surface area contributed by atoms with Gasteiger partial charge in [-0.05, 0) is 69.1 Å². The van der Waals surface area contributed by atoms with Gasteiger partial charge >= 0.3 is 5.97 Å². The maximum absolute atomic E-state index is 12.3. The van der Waals surface area contributed by atoms with E-state index in [1.54, 1.807) is 6.20 Å². The molecule has 4 heterocycles. The molecule has 2 fully saturated rings. The standard InChI is InChI=1S/C27H36N4O3/c32-27(33)25(23-10-5-14-28-24(23)19-6-3-7-19)31-16-13-22(18-31)34-17-2-1-9-21-12-11-20-8-4-15-29-26(20)30-21/h5,10-12,14,19,22,25H,1-4,6-9,13,15-18H2,(H,29,30)(H,32,33)/t22-,25+/m1/s1. The first-order valence-corrected chi connectivity index (χ1v) is 12.9. The molecule has 182 valence electrons. The predicted molar refractivity (Wildman–Crippen MR) is 131 cm³/mol. The highest BCUT2D eigenvalue weighted by atomic mass is 16.5. The van der Waals surface area contributed by atoms with Crippen molar-refractivity contribution in [2.45, 2.75) is 75.9 Å².